The first-order valence-electron chi connectivity index (χ1n) is 19.3. The third-order valence-electron chi connectivity index (χ3n) is 12.6. The molecule has 0 bridgehead atoms. The van der Waals surface area contributed by atoms with Crippen LogP contribution in [-0.4, -0.2) is 14.5 Å². The van der Waals surface area contributed by atoms with E-state index in [2.05, 4.69) is 164 Å². The van der Waals surface area contributed by atoms with Crippen molar-refractivity contribution in [3.8, 4) is 39.6 Å². The SMILES string of the molecule is CC1(C)c2ccccc2-c2cc3c(cc21)Oc1ccccc1C31c2ccccc2C=Cc2ccc(-c3cnc4c(c3)c3ccccc3n4-c3ccccn3)cc21. The molecule has 1 spiro atoms. The topological polar surface area (TPSA) is 39.9 Å². The van der Waals surface area contributed by atoms with Crippen LogP contribution in [0.5, 0.6) is 11.5 Å². The minimum Gasteiger partial charge on any atom is -0.457 e. The second kappa shape index (κ2) is 11.2. The van der Waals surface area contributed by atoms with Crippen molar-refractivity contribution < 1.29 is 4.74 Å². The third kappa shape index (κ3) is 4.08. The molecule has 1 aliphatic heterocycles. The average Bonchev–Trinajstić information content (AvgIpc) is 3.63. The predicted molar refractivity (Wildman–Crippen MR) is 227 cm³/mol. The molecule has 3 aromatic heterocycles. The van der Waals surface area contributed by atoms with Crippen LogP contribution in [0.2, 0.25) is 0 Å². The summed E-state index contributed by atoms with van der Waals surface area (Å²) in [6.07, 6.45) is 8.43. The summed E-state index contributed by atoms with van der Waals surface area (Å²) >= 11 is 0. The van der Waals surface area contributed by atoms with Crippen molar-refractivity contribution in [3.05, 3.63) is 209 Å². The number of hydrogen-bond acceptors (Lipinski definition) is 3. The maximum Gasteiger partial charge on any atom is 0.146 e. The average molecular weight is 718 g/mol. The molecule has 12 rings (SSSR count). The molecule has 6 aromatic carbocycles. The van der Waals surface area contributed by atoms with Crippen molar-refractivity contribution in [2.24, 2.45) is 0 Å². The minimum absolute atomic E-state index is 0.159. The Morgan fingerprint density at radius 1 is 0.500 bits per heavy atom. The van der Waals surface area contributed by atoms with Gasteiger partial charge in [-0.2, -0.15) is 0 Å². The Balaban J connectivity index is 1.15. The van der Waals surface area contributed by atoms with Crippen LogP contribution in [0.3, 0.4) is 0 Å². The highest BCUT2D eigenvalue weighted by Gasteiger charge is 2.49. The number of aromatic nitrogens is 3. The fourth-order valence-electron chi connectivity index (χ4n) is 10.0. The van der Waals surface area contributed by atoms with E-state index in [9.17, 15) is 0 Å². The van der Waals surface area contributed by atoms with E-state index in [-0.39, 0.29) is 5.41 Å². The van der Waals surface area contributed by atoms with Gasteiger partial charge in [0.15, 0.2) is 0 Å². The van der Waals surface area contributed by atoms with Crippen LogP contribution in [0.1, 0.15) is 58.4 Å². The van der Waals surface area contributed by atoms with Crippen LogP contribution in [0, 0.1) is 0 Å². The van der Waals surface area contributed by atoms with Gasteiger partial charge in [0.2, 0.25) is 0 Å². The lowest BCUT2D eigenvalue weighted by atomic mass is 9.61. The van der Waals surface area contributed by atoms with Crippen LogP contribution in [-0.2, 0) is 10.8 Å². The van der Waals surface area contributed by atoms with Crippen LogP contribution >= 0.6 is 0 Å². The first-order valence-corrected chi connectivity index (χ1v) is 19.3. The van der Waals surface area contributed by atoms with E-state index in [1.54, 1.807) is 0 Å². The van der Waals surface area contributed by atoms with E-state index >= 15 is 0 Å². The number of rotatable bonds is 2. The number of para-hydroxylation sites is 2. The highest BCUT2D eigenvalue weighted by Crippen LogP contribution is 2.61. The highest BCUT2D eigenvalue weighted by atomic mass is 16.5. The van der Waals surface area contributed by atoms with Crippen molar-refractivity contribution in [1.82, 2.24) is 14.5 Å². The van der Waals surface area contributed by atoms with Crippen molar-refractivity contribution in [3.63, 3.8) is 0 Å². The van der Waals surface area contributed by atoms with Crippen LogP contribution < -0.4 is 4.74 Å². The third-order valence-corrected chi connectivity index (χ3v) is 12.6. The summed E-state index contributed by atoms with van der Waals surface area (Å²) in [4.78, 5) is 9.89. The lowest BCUT2D eigenvalue weighted by Crippen LogP contribution is -2.35. The first kappa shape index (κ1) is 31.3. The first-order chi connectivity index (χ1) is 27.5. The van der Waals surface area contributed by atoms with Gasteiger partial charge in [0.1, 0.15) is 23.0 Å². The summed E-state index contributed by atoms with van der Waals surface area (Å²) in [6.45, 7) is 4.67. The summed E-state index contributed by atoms with van der Waals surface area (Å²) in [5.74, 6) is 2.64. The monoisotopic (exact) mass is 717 g/mol. The second-order valence-corrected chi connectivity index (χ2v) is 15.8. The molecule has 0 amide bonds. The summed E-state index contributed by atoms with van der Waals surface area (Å²) in [6, 6.07) is 55.0. The molecule has 0 saturated carbocycles. The van der Waals surface area contributed by atoms with Crippen LogP contribution in [0.25, 0.3) is 62.2 Å². The van der Waals surface area contributed by atoms with Gasteiger partial charge in [-0.25, -0.2) is 9.97 Å². The Bertz CT molecular complexity index is 3150. The number of hydrogen-bond donors (Lipinski definition) is 0. The van der Waals surface area contributed by atoms with E-state index in [1.165, 1.54) is 44.5 Å². The Morgan fingerprint density at radius 2 is 1.25 bits per heavy atom. The molecule has 0 fully saturated rings. The molecule has 0 N–H and O–H groups in total. The maximum atomic E-state index is 7.00. The van der Waals surface area contributed by atoms with E-state index in [0.717, 1.165) is 61.5 Å². The summed E-state index contributed by atoms with van der Waals surface area (Å²) in [7, 11) is 0. The molecule has 3 aliphatic rings. The molecule has 9 aromatic rings. The quantitative estimate of drug-likeness (QED) is 0.179. The molecule has 0 radical (unpaired) electrons. The maximum absolute atomic E-state index is 7.00. The van der Waals surface area contributed by atoms with Crippen LogP contribution in [0.4, 0.5) is 0 Å². The van der Waals surface area contributed by atoms with Gasteiger partial charge in [0.25, 0.3) is 0 Å². The minimum atomic E-state index is -0.682. The molecule has 1 unspecified atom stereocenters. The Morgan fingerprint density at radius 3 is 2.12 bits per heavy atom. The van der Waals surface area contributed by atoms with Gasteiger partial charge in [-0.3, -0.25) is 4.57 Å². The number of fused-ring (bicyclic) bond motifs is 14. The standard InChI is InChI=1S/C52H35N3O/c1-51(2)41-17-7-4-14-36(41)38-29-45-48(30-44(38)51)56-47-20-10-8-18-42(47)52(45)40-16-6-3-13-32(40)22-23-33-24-25-34(28-43(33)52)35-27-39-37-15-5-9-19-46(37)55(50(39)54-31-35)49-21-11-12-26-53-49/h3-31H,1-2H3. The van der Waals surface area contributed by atoms with Crippen molar-refractivity contribution in [2.45, 2.75) is 24.7 Å². The van der Waals surface area contributed by atoms with Crippen molar-refractivity contribution in [2.75, 3.05) is 0 Å². The van der Waals surface area contributed by atoms with Gasteiger partial charge < -0.3 is 4.74 Å². The van der Waals surface area contributed by atoms with E-state index < -0.39 is 5.41 Å². The van der Waals surface area contributed by atoms with Gasteiger partial charge in [-0.1, -0.05) is 129 Å². The lowest BCUT2D eigenvalue weighted by Gasteiger charge is -2.43. The second-order valence-electron chi connectivity index (χ2n) is 15.8. The molecule has 4 heterocycles. The lowest BCUT2D eigenvalue weighted by molar-refractivity contribution is 0.433. The van der Waals surface area contributed by atoms with Gasteiger partial charge in [0.05, 0.1) is 10.9 Å². The Hall–Kier alpha value is -7.04. The van der Waals surface area contributed by atoms with Gasteiger partial charge in [-0.15, -0.1) is 0 Å². The van der Waals surface area contributed by atoms with E-state index in [1.807, 2.05) is 30.6 Å². The molecule has 264 valence electrons. The summed E-state index contributed by atoms with van der Waals surface area (Å²) in [5, 5.41) is 2.24. The Kier molecular flexibility index (Phi) is 6.29. The zero-order chi connectivity index (χ0) is 37.2. The zero-order valence-electron chi connectivity index (χ0n) is 31.0. The van der Waals surface area contributed by atoms with E-state index in [0.29, 0.717) is 0 Å². The normalized spacial score (nSPS) is 16.7. The van der Waals surface area contributed by atoms with Gasteiger partial charge in [-0.05, 0) is 98.6 Å². The molecule has 56 heavy (non-hydrogen) atoms. The molecule has 4 heteroatoms. The summed E-state index contributed by atoms with van der Waals surface area (Å²) in [5.41, 5.74) is 15.6. The largest absolute Gasteiger partial charge is 0.457 e. The number of pyridine rings is 2. The van der Waals surface area contributed by atoms with Gasteiger partial charge in [0, 0.05) is 45.3 Å². The molecule has 2 aliphatic carbocycles. The number of nitrogens with zero attached hydrogens (tertiary/aromatic N) is 3. The Labute approximate surface area is 325 Å². The number of ether oxygens (including phenoxy) is 1. The smallest absolute Gasteiger partial charge is 0.146 e. The summed E-state index contributed by atoms with van der Waals surface area (Å²) < 4.78 is 9.16. The predicted octanol–water partition coefficient (Wildman–Crippen LogP) is 12.5. The van der Waals surface area contributed by atoms with E-state index in [4.69, 9.17) is 14.7 Å². The van der Waals surface area contributed by atoms with Crippen molar-refractivity contribution >= 4 is 34.1 Å². The molecule has 0 saturated heterocycles. The van der Waals surface area contributed by atoms with Crippen LogP contribution in [0.15, 0.2) is 164 Å². The molecular formula is C52H35N3O. The fourth-order valence-corrected chi connectivity index (χ4v) is 10.0. The molecule has 4 nitrogen and oxygen atoms in total. The highest BCUT2D eigenvalue weighted by molar-refractivity contribution is 6.09. The van der Waals surface area contributed by atoms with Gasteiger partial charge >= 0.3 is 0 Å². The zero-order valence-corrected chi connectivity index (χ0v) is 31.0. The van der Waals surface area contributed by atoms with Crippen molar-refractivity contribution in [1.29, 1.82) is 0 Å². The fraction of sp³-hybridized carbons (Fsp3) is 0.0769. The number of benzene rings is 6. The molecule has 1 atom stereocenters. The molecular weight excluding hydrogens is 683 g/mol.